The van der Waals surface area contributed by atoms with Crippen LogP contribution in [0.5, 0.6) is 0 Å². The van der Waals surface area contributed by atoms with E-state index in [0.717, 1.165) is 18.4 Å². The maximum atomic E-state index is 12.7. The number of benzene rings is 1. The molecule has 0 heterocycles. The zero-order chi connectivity index (χ0) is 16.0. The fourth-order valence-electron chi connectivity index (χ4n) is 2.32. The lowest BCUT2D eigenvalue weighted by Gasteiger charge is -2.25. The Balaban J connectivity index is 3.01. The summed E-state index contributed by atoms with van der Waals surface area (Å²) in [4.78, 5) is 0.347. The maximum Gasteiger partial charge on any atom is 0.243 e. The second kappa shape index (κ2) is 7.92. The van der Waals surface area contributed by atoms with E-state index in [2.05, 4.69) is 13.8 Å². The van der Waals surface area contributed by atoms with Crippen molar-refractivity contribution in [1.29, 1.82) is 0 Å². The van der Waals surface area contributed by atoms with Crippen molar-refractivity contribution in [2.24, 2.45) is 11.7 Å². The highest BCUT2D eigenvalue weighted by atomic mass is 32.2. The van der Waals surface area contributed by atoms with Crippen LogP contribution in [-0.4, -0.2) is 25.8 Å². The summed E-state index contributed by atoms with van der Waals surface area (Å²) in [6, 6.07) is 6.81. The van der Waals surface area contributed by atoms with Crippen molar-refractivity contribution in [1.82, 2.24) is 4.31 Å². The molecule has 0 amide bonds. The number of nitrogens with zero attached hydrogens (tertiary/aromatic N) is 1. The van der Waals surface area contributed by atoms with Crippen LogP contribution in [0.3, 0.4) is 0 Å². The molecule has 1 aromatic carbocycles. The molecule has 2 N–H and O–H groups in total. The first kappa shape index (κ1) is 18.1. The smallest absolute Gasteiger partial charge is 0.243 e. The third kappa shape index (κ3) is 4.53. The Hall–Kier alpha value is -0.910. The number of sulfonamides is 1. The normalized spacial score (nSPS) is 13.9. The standard InChI is InChI=1S/C16H28N2O2S/c1-5-14(6-2)12-18(7-3)21(19,20)16-10-8-15(9-11-16)13(4)17/h8-11,13-14H,5-7,12,17H2,1-4H3. The Morgan fingerprint density at radius 1 is 1.10 bits per heavy atom. The Morgan fingerprint density at radius 2 is 1.62 bits per heavy atom. The largest absolute Gasteiger partial charge is 0.324 e. The fraction of sp³-hybridized carbons (Fsp3) is 0.625. The highest BCUT2D eigenvalue weighted by Gasteiger charge is 2.24. The van der Waals surface area contributed by atoms with Crippen LogP contribution < -0.4 is 5.73 Å². The van der Waals surface area contributed by atoms with Crippen molar-refractivity contribution in [3.63, 3.8) is 0 Å². The van der Waals surface area contributed by atoms with Crippen molar-refractivity contribution in [3.8, 4) is 0 Å². The summed E-state index contributed by atoms with van der Waals surface area (Å²) in [5.41, 5.74) is 6.74. The molecule has 0 saturated heterocycles. The predicted octanol–water partition coefficient (Wildman–Crippen LogP) is 3.15. The van der Waals surface area contributed by atoms with Gasteiger partial charge in [0.05, 0.1) is 4.90 Å². The topological polar surface area (TPSA) is 63.4 Å². The van der Waals surface area contributed by atoms with Gasteiger partial charge in [0.15, 0.2) is 0 Å². The second-order valence-electron chi connectivity index (χ2n) is 5.50. The second-order valence-corrected chi connectivity index (χ2v) is 7.43. The summed E-state index contributed by atoms with van der Waals surface area (Å²) >= 11 is 0. The van der Waals surface area contributed by atoms with Gasteiger partial charge in [-0.2, -0.15) is 4.31 Å². The minimum absolute atomic E-state index is 0.0893. The SMILES string of the molecule is CCC(CC)CN(CC)S(=O)(=O)c1ccc(C(C)N)cc1. The van der Waals surface area contributed by atoms with Gasteiger partial charge in [-0.1, -0.05) is 45.7 Å². The van der Waals surface area contributed by atoms with Gasteiger partial charge < -0.3 is 5.73 Å². The van der Waals surface area contributed by atoms with Crippen LogP contribution in [0, 0.1) is 5.92 Å². The molecule has 4 nitrogen and oxygen atoms in total. The summed E-state index contributed by atoms with van der Waals surface area (Å²) in [6.07, 6.45) is 1.98. The highest BCUT2D eigenvalue weighted by molar-refractivity contribution is 7.89. The number of nitrogens with two attached hydrogens (primary N) is 1. The van der Waals surface area contributed by atoms with E-state index in [1.54, 1.807) is 28.6 Å². The van der Waals surface area contributed by atoms with E-state index in [-0.39, 0.29) is 6.04 Å². The van der Waals surface area contributed by atoms with Crippen LogP contribution in [0.15, 0.2) is 29.2 Å². The van der Waals surface area contributed by atoms with Gasteiger partial charge in [-0.05, 0) is 30.5 Å². The van der Waals surface area contributed by atoms with Crippen LogP contribution in [0.2, 0.25) is 0 Å². The van der Waals surface area contributed by atoms with E-state index in [9.17, 15) is 8.42 Å². The van der Waals surface area contributed by atoms with E-state index in [0.29, 0.717) is 23.9 Å². The first-order valence-corrected chi connectivity index (χ1v) is 9.16. The molecule has 0 aliphatic rings. The Bertz CT molecular complexity index is 520. The van der Waals surface area contributed by atoms with Crippen molar-refractivity contribution >= 4 is 10.0 Å². The molecule has 5 heteroatoms. The summed E-state index contributed by atoms with van der Waals surface area (Å²) in [7, 11) is -3.42. The number of hydrogen-bond acceptors (Lipinski definition) is 3. The Kier molecular flexibility index (Phi) is 6.84. The fourth-order valence-corrected chi connectivity index (χ4v) is 3.85. The third-order valence-electron chi connectivity index (χ3n) is 4.01. The van der Waals surface area contributed by atoms with Crippen molar-refractivity contribution < 1.29 is 8.42 Å². The minimum atomic E-state index is -3.42. The van der Waals surface area contributed by atoms with Crippen molar-refractivity contribution in [3.05, 3.63) is 29.8 Å². The van der Waals surface area contributed by atoms with Gasteiger partial charge in [0, 0.05) is 19.1 Å². The van der Waals surface area contributed by atoms with Crippen molar-refractivity contribution in [2.75, 3.05) is 13.1 Å². The molecule has 0 bridgehead atoms. The molecule has 21 heavy (non-hydrogen) atoms. The Labute approximate surface area is 129 Å². The summed E-state index contributed by atoms with van der Waals surface area (Å²) in [6.45, 7) is 9.05. The van der Waals surface area contributed by atoms with Gasteiger partial charge in [-0.3, -0.25) is 0 Å². The Morgan fingerprint density at radius 3 is 2.00 bits per heavy atom. The van der Waals surface area contributed by atoms with Gasteiger partial charge in [-0.25, -0.2) is 8.42 Å². The van der Waals surface area contributed by atoms with E-state index >= 15 is 0 Å². The molecule has 0 aliphatic carbocycles. The lowest BCUT2D eigenvalue weighted by Crippen LogP contribution is -2.35. The third-order valence-corrected chi connectivity index (χ3v) is 5.97. The van der Waals surface area contributed by atoms with Gasteiger partial charge in [0.2, 0.25) is 10.0 Å². The highest BCUT2D eigenvalue weighted by Crippen LogP contribution is 2.21. The van der Waals surface area contributed by atoms with Crippen molar-refractivity contribution in [2.45, 2.75) is 51.5 Å². The van der Waals surface area contributed by atoms with Gasteiger partial charge in [-0.15, -0.1) is 0 Å². The molecule has 120 valence electrons. The molecule has 0 spiro atoms. The first-order valence-electron chi connectivity index (χ1n) is 7.72. The predicted molar refractivity (Wildman–Crippen MR) is 87.5 cm³/mol. The molecule has 0 aromatic heterocycles. The minimum Gasteiger partial charge on any atom is -0.324 e. The molecule has 0 fully saturated rings. The summed E-state index contributed by atoms with van der Waals surface area (Å²) in [5.74, 6) is 0.406. The van der Waals surface area contributed by atoms with Crippen LogP contribution >= 0.6 is 0 Å². The molecule has 0 aliphatic heterocycles. The zero-order valence-corrected chi connectivity index (χ0v) is 14.4. The molecule has 0 radical (unpaired) electrons. The molecule has 1 unspecified atom stereocenters. The van der Waals surface area contributed by atoms with Gasteiger partial charge in [0.25, 0.3) is 0 Å². The molecular formula is C16H28N2O2S. The summed E-state index contributed by atoms with van der Waals surface area (Å²) < 4.78 is 27.0. The molecule has 0 saturated carbocycles. The molecule has 1 atom stereocenters. The average Bonchev–Trinajstić information content (AvgIpc) is 2.48. The van der Waals surface area contributed by atoms with Crippen LogP contribution in [0.25, 0.3) is 0 Å². The monoisotopic (exact) mass is 312 g/mol. The van der Waals surface area contributed by atoms with E-state index < -0.39 is 10.0 Å². The van der Waals surface area contributed by atoms with Crippen LogP contribution in [0.1, 0.15) is 52.1 Å². The summed E-state index contributed by atoms with van der Waals surface area (Å²) in [5, 5.41) is 0. The average molecular weight is 312 g/mol. The molecular weight excluding hydrogens is 284 g/mol. The lowest BCUT2D eigenvalue weighted by molar-refractivity contribution is 0.339. The van der Waals surface area contributed by atoms with E-state index in [1.165, 1.54) is 0 Å². The zero-order valence-electron chi connectivity index (χ0n) is 13.5. The van der Waals surface area contributed by atoms with E-state index in [1.807, 2.05) is 13.8 Å². The first-order chi connectivity index (χ1) is 9.86. The lowest BCUT2D eigenvalue weighted by atomic mass is 10.0. The molecule has 1 aromatic rings. The maximum absolute atomic E-state index is 12.7. The van der Waals surface area contributed by atoms with E-state index in [4.69, 9.17) is 5.73 Å². The number of rotatable bonds is 8. The van der Waals surface area contributed by atoms with Gasteiger partial charge >= 0.3 is 0 Å². The van der Waals surface area contributed by atoms with Crippen LogP contribution in [0.4, 0.5) is 0 Å². The van der Waals surface area contributed by atoms with Crippen LogP contribution in [-0.2, 0) is 10.0 Å². The van der Waals surface area contributed by atoms with Gasteiger partial charge in [0.1, 0.15) is 0 Å². The quantitative estimate of drug-likeness (QED) is 0.802. The number of hydrogen-bond donors (Lipinski definition) is 1. The molecule has 1 rings (SSSR count).